The van der Waals surface area contributed by atoms with Gasteiger partial charge in [-0.1, -0.05) is 95.3 Å². The average molecular weight is 449 g/mol. The Morgan fingerprint density at radius 1 is 0.909 bits per heavy atom. The normalized spacial score (nSPS) is 17.3. The average Bonchev–Trinajstić information content (AvgIpc) is 3.14. The van der Waals surface area contributed by atoms with Gasteiger partial charge in [0.15, 0.2) is 4.80 Å². The van der Waals surface area contributed by atoms with Crippen LogP contribution in [-0.4, -0.2) is 4.57 Å². The fourth-order valence-electron chi connectivity index (χ4n) is 4.89. The van der Waals surface area contributed by atoms with E-state index in [4.69, 9.17) is 4.99 Å². The zero-order chi connectivity index (χ0) is 22.5. The van der Waals surface area contributed by atoms with Gasteiger partial charge in [0.25, 0.3) is 5.56 Å². The maximum absolute atomic E-state index is 13.7. The molecule has 1 aromatic heterocycles. The zero-order valence-electron chi connectivity index (χ0n) is 18.7. The van der Waals surface area contributed by atoms with Gasteiger partial charge in [-0.05, 0) is 55.0 Å². The SMILES string of the molecule is Cc1ccc(C=c2sc3n(c2=O)[C@@H](c2ccc(C)cc2)C2=C(N=3)c3ccccc3CC2)cc1. The van der Waals surface area contributed by atoms with Gasteiger partial charge in [0.1, 0.15) is 0 Å². The first-order valence-electron chi connectivity index (χ1n) is 11.3. The van der Waals surface area contributed by atoms with Gasteiger partial charge >= 0.3 is 0 Å². The van der Waals surface area contributed by atoms with Crippen molar-refractivity contribution in [3.05, 3.63) is 131 Å². The van der Waals surface area contributed by atoms with Crippen LogP contribution in [0.4, 0.5) is 0 Å². The maximum atomic E-state index is 13.7. The van der Waals surface area contributed by atoms with Gasteiger partial charge < -0.3 is 0 Å². The Labute approximate surface area is 196 Å². The van der Waals surface area contributed by atoms with Gasteiger partial charge in [-0.2, -0.15) is 0 Å². The van der Waals surface area contributed by atoms with Crippen molar-refractivity contribution in [1.82, 2.24) is 4.57 Å². The molecule has 0 bridgehead atoms. The van der Waals surface area contributed by atoms with Crippen molar-refractivity contribution in [2.24, 2.45) is 4.99 Å². The minimum atomic E-state index is -0.120. The number of hydrogen-bond acceptors (Lipinski definition) is 3. The highest BCUT2D eigenvalue weighted by molar-refractivity contribution is 7.07. The Hall–Kier alpha value is -3.50. The molecule has 162 valence electrons. The van der Waals surface area contributed by atoms with E-state index in [0.717, 1.165) is 39.0 Å². The fraction of sp³-hybridized carbons (Fsp3) is 0.172. The molecule has 0 amide bonds. The van der Waals surface area contributed by atoms with Gasteiger partial charge in [-0.25, -0.2) is 4.99 Å². The van der Waals surface area contributed by atoms with E-state index in [1.165, 1.54) is 39.2 Å². The van der Waals surface area contributed by atoms with Crippen LogP contribution >= 0.6 is 11.3 Å². The highest BCUT2D eigenvalue weighted by Crippen LogP contribution is 2.41. The summed E-state index contributed by atoms with van der Waals surface area (Å²) in [7, 11) is 0. The molecule has 0 fully saturated rings. The molecule has 1 aliphatic carbocycles. The van der Waals surface area contributed by atoms with Gasteiger partial charge in [0.05, 0.1) is 16.3 Å². The van der Waals surface area contributed by atoms with E-state index in [-0.39, 0.29) is 11.6 Å². The van der Waals surface area contributed by atoms with E-state index in [1.54, 1.807) is 0 Å². The molecular formula is C29H24N2OS. The largest absolute Gasteiger partial charge is 0.272 e. The van der Waals surface area contributed by atoms with Crippen molar-refractivity contribution in [3.63, 3.8) is 0 Å². The van der Waals surface area contributed by atoms with Crippen LogP contribution in [0.15, 0.2) is 88.2 Å². The molecule has 0 spiro atoms. The molecular weight excluding hydrogens is 424 g/mol. The third kappa shape index (κ3) is 3.42. The van der Waals surface area contributed by atoms with Crippen molar-refractivity contribution in [2.75, 3.05) is 0 Å². The quantitative estimate of drug-likeness (QED) is 0.428. The molecule has 0 radical (unpaired) electrons. The smallest absolute Gasteiger partial charge is 0.271 e. The first-order chi connectivity index (χ1) is 16.1. The summed E-state index contributed by atoms with van der Waals surface area (Å²) in [6, 6.07) is 25.3. The van der Waals surface area contributed by atoms with Crippen LogP contribution in [0, 0.1) is 13.8 Å². The molecule has 0 unspecified atom stereocenters. The summed E-state index contributed by atoms with van der Waals surface area (Å²) in [5.74, 6) is 0. The predicted molar refractivity (Wildman–Crippen MR) is 135 cm³/mol. The summed E-state index contributed by atoms with van der Waals surface area (Å²) in [4.78, 5) is 19.6. The summed E-state index contributed by atoms with van der Waals surface area (Å²) in [5.41, 5.74) is 9.46. The van der Waals surface area contributed by atoms with Gasteiger partial charge in [0, 0.05) is 5.56 Å². The van der Waals surface area contributed by atoms with Crippen molar-refractivity contribution in [3.8, 4) is 0 Å². The van der Waals surface area contributed by atoms with E-state index in [1.807, 2.05) is 10.6 Å². The molecule has 2 aliphatic rings. The zero-order valence-corrected chi connectivity index (χ0v) is 19.5. The highest BCUT2D eigenvalue weighted by Gasteiger charge is 2.32. The van der Waals surface area contributed by atoms with Crippen molar-refractivity contribution >= 4 is 23.1 Å². The Bertz CT molecular complexity index is 1590. The lowest BCUT2D eigenvalue weighted by molar-refractivity contribution is 0.585. The van der Waals surface area contributed by atoms with Gasteiger partial charge in [-0.3, -0.25) is 9.36 Å². The summed E-state index contributed by atoms with van der Waals surface area (Å²) in [6.07, 6.45) is 3.88. The third-order valence-electron chi connectivity index (χ3n) is 6.64. The number of aromatic nitrogens is 1. The molecule has 4 heteroatoms. The van der Waals surface area contributed by atoms with Crippen LogP contribution in [-0.2, 0) is 6.42 Å². The topological polar surface area (TPSA) is 34.4 Å². The molecule has 4 aromatic rings. The summed E-state index contributed by atoms with van der Waals surface area (Å²) >= 11 is 1.49. The van der Waals surface area contributed by atoms with Gasteiger partial charge in [0.2, 0.25) is 0 Å². The van der Waals surface area contributed by atoms with E-state index in [0.29, 0.717) is 0 Å². The van der Waals surface area contributed by atoms with Crippen LogP contribution in [0.25, 0.3) is 11.8 Å². The molecule has 2 heterocycles. The Balaban J connectivity index is 1.62. The number of hydrogen-bond donors (Lipinski definition) is 0. The summed E-state index contributed by atoms with van der Waals surface area (Å²) in [6.45, 7) is 4.17. The molecule has 6 rings (SSSR count). The molecule has 1 aliphatic heterocycles. The van der Waals surface area contributed by atoms with E-state index >= 15 is 0 Å². The second kappa shape index (κ2) is 7.82. The first kappa shape index (κ1) is 20.1. The number of thiazole rings is 1. The van der Waals surface area contributed by atoms with Crippen LogP contribution in [0.5, 0.6) is 0 Å². The molecule has 1 atom stereocenters. The number of rotatable bonds is 2. The number of nitrogens with zero attached hydrogens (tertiary/aromatic N) is 2. The molecule has 3 aromatic carbocycles. The molecule has 0 saturated heterocycles. The highest BCUT2D eigenvalue weighted by atomic mass is 32.1. The van der Waals surface area contributed by atoms with Crippen LogP contribution < -0.4 is 14.9 Å². The van der Waals surface area contributed by atoms with E-state index < -0.39 is 0 Å². The second-order valence-corrected chi connectivity index (χ2v) is 9.94. The number of fused-ring (bicyclic) bond motifs is 3. The van der Waals surface area contributed by atoms with Crippen LogP contribution in [0.1, 0.15) is 45.8 Å². The molecule has 3 nitrogen and oxygen atoms in total. The standard InChI is InChI=1S/C29H24N2OS/c1-18-7-11-20(12-8-18)17-25-28(32)31-27(22-13-9-19(2)10-14-22)24-16-15-21-5-3-4-6-23(21)26(24)30-29(31)33-25/h3-14,17,27H,15-16H2,1-2H3/t27-/m0/s1. The lowest BCUT2D eigenvalue weighted by Gasteiger charge is -2.30. The van der Waals surface area contributed by atoms with Gasteiger partial charge in [-0.15, -0.1) is 0 Å². The molecule has 0 saturated carbocycles. The minimum Gasteiger partial charge on any atom is -0.272 e. The van der Waals surface area contributed by atoms with Crippen molar-refractivity contribution < 1.29 is 0 Å². The Morgan fingerprint density at radius 2 is 1.61 bits per heavy atom. The maximum Gasteiger partial charge on any atom is 0.271 e. The monoisotopic (exact) mass is 448 g/mol. The van der Waals surface area contributed by atoms with E-state index in [2.05, 4.69) is 86.6 Å². The fourth-order valence-corrected chi connectivity index (χ4v) is 5.89. The number of benzene rings is 3. The number of aryl methyl sites for hydroxylation is 3. The summed E-state index contributed by atoms with van der Waals surface area (Å²) in [5, 5.41) is 0. The molecule has 0 N–H and O–H groups in total. The lowest BCUT2D eigenvalue weighted by Crippen LogP contribution is -2.38. The summed E-state index contributed by atoms with van der Waals surface area (Å²) < 4.78 is 2.64. The molecule has 33 heavy (non-hydrogen) atoms. The van der Waals surface area contributed by atoms with Crippen molar-refractivity contribution in [2.45, 2.75) is 32.7 Å². The Morgan fingerprint density at radius 3 is 2.36 bits per heavy atom. The second-order valence-electron chi connectivity index (χ2n) is 8.94. The first-order valence-corrected chi connectivity index (χ1v) is 12.2. The van der Waals surface area contributed by atoms with Crippen LogP contribution in [0.3, 0.4) is 0 Å². The Kier molecular flexibility index (Phi) is 4.77. The van der Waals surface area contributed by atoms with Crippen LogP contribution in [0.2, 0.25) is 0 Å². The van der Waals surface area contributed by atoms with Crippen molar-refractivity contribution in [1.29, 1.82) is 0 Å². The van der Waals surface area contributed by atoms with E-state index in [9.17, 15) is 4.79 Å². The third-order valence-corrected chi connectivity index (χ3v) is 7.62. The lowest BCUT2D eigenvalue weighted by atomic mass is 9.83. The predicted octanol–water partition coefficient (Wildman–Crippen LogP) is 4.94. The minimum absolute atomic E-state index is 0.0373. The number of allylic oxidation sites excluding steroid dienone is 1.